The fraction of sp³-hybridized carbons (Fsp3) is 0.278. The van der Waals surface area contributed by atoms with Crippen molar-refractivity contribution < 1.29 is 9.59 Å². The molecule has 25 heavy (non-hydrogen) atoms. The second kappa shape index (κ2) is 7.80. The van der Waals surface area contributed by atoms with Crippen LogP contribution in [0.2, 0.25) is 4.34 Å². The predicted molar refractivity (Wildman–Crippen MR) is 101 cm³/mol. The van der Waals surface area contributed by atoms with E-state index in [-0.39, 0.29) is 18.2 Å². The van der Waals surface area contributed by atoms with E-state index in [9.17, 15) is 9.59 Å². The van der Waals surface area contributed by atoms with Crippen molar-refractivity contribution in [2.24, 2.45) is 5.10 Å². The number of amides is 2. The number of benzene rings is 1. The summed E-state index contributed by atoms with van der Waals surface area (Å²) >= 11 is 7.43. The molecule has 0 unspecified atom stereocenters. The Morgan fingerprint density at radius 3 is 2.64 bits per heavy atom. The molecule has 7 heteroatoms. The Morgan fingerprint density at radius 1 is 1.24 bits per heavy atom. The molecule has 3 rings (SSSR count). The minimum Gasteiger partial charge on any atom is -0.333 e. The van der Waals surface area contributed by atoms with Gasteiger partial charge in [0.2, 0.25) is 5.91 Å². The maximum Gasteiger partial charge on any atom is 0.270 e. The Kier molecular flexibility index (Phi) is 5.50. The third kappa shape index (κ3) is 4.08. The molecule has 1 aliphatic rings. The van der Waals surface area contributed by atoms with E-state index in [4.69, 9.17) is 11.6 Å². The van der Waals surface area contributed by atoms with Crippen LogP contribution < -0.4 is 5.01 Å². The summed E-state index contributed by atoms with van der Waals surface area (Å²) in [4.78, 5) is 27.8. The molecule has 130 valence electrons. The largest absolute Gasteiger partial charge is 0.333 e. The van der Waals surface area contributed by atoms with Gasteiger partial charge in [-0.3, -0.25) is 9.59 Å². The van der Waals surface area contributed by atoms with Crippen molar-refractivity contribution in [3.63, 3.8) is 0 Å². The lowest BCUT2D eigenvalue weighted by Crippen LogP contribution is -2.41. The van der Waals surface area contributed by atoms with Crippen molar-refractivity contribution in [2.45, 2.75) is 26.3 Å². The molecular weight excluding hydrogens is 358 g/mol. The van der Waals surface area contributed by atoms with E-state index in [1.807, 2.05) is 37.3 Å². The van der Waals surface area contributed by atoms with Gasteiger partial charge in [-0.25, -0.2) is 5.01 Å². The number of rotatable bonds is 5. The number of hydrogen-bond acceptors (Lipinski definition) is 4. The first kappa shape index (κ1) is 17.6. The molecule has 2 aromatic rings. The average molecular weight is 376 g/mol. The van der Waals surface area contributed by atoms with Crippen molar-refractivity contribution in [3.05, 3.63) is 51.7 Å². The summed E-state index contributed by atoms with van der Waals surface area (Å²) in [7, 11) is 0. The first-order valence-corrected chi connectivity index (χ1v) is 9.27. The van der Waals surface area contributed by atoms with E-state index in [0.717, 1.165) is 4.88 Å². The molecule has 1 aromatic carbocycles. The molecule has 0 saturated heterocycles. The number of halogens is 1. The third-order valence-electron chi connectivity index (χ3n) is 3.92. The second-order valence-corrected chi connectivity index (χ2v) is 7.41. The molecule has 1 aliphatic heterocycles. The van der Waals surface area contributed by atoms with Crippen molar-refractivity contribution in [1.82, 2.24) is 4.90 Å². The standard InChI is InChI=1S/C18H18ClN3O2S/c1-2-21(12-14-8-10-16(19)25-14)18(24)15-9-11-17(23)22(20-15)13-6-4-3-5-7-13/h3-8,10H,2,9,11-12H2,1H3. The van der Waals surface area contributed by atoms with Gasteiger partial charge in [0.1, 0.15) is 5.71 Å². The van der Waals surface area contributed by atoms with Gasteiger partial charge in [-0.2, -0.15) is 5.10 Å². The molecule has 0 saturated carbocycles. The monoisotopic (exact) mass is 375 g/mol. The van der Waals surface area contributed by atoms with Crippen LogP contribution in [0.25, 0.3) is 0 Å². The molecular formula is C18H18ClN3O2S. The highest BCUT2D eigenvalue weighted by Crippen LogP contribution is 2.24. The summed E-state index contributed by atoms with van der Waals surface area (Å²) in [6, 6.07) is 12.9. The molecule has 1 aromatic heterocycles. The highest BCUT2D eigenvalue weighted by atomic mass is 35.5. The zero-order valence-corrected chi connectivity index (χ0v) is 15.4. The van der Waals surface area contributed by atoms with Crippen LogP contribution in [0.5, 0.6) is 0 Å². The van der Waals surface area contributed by atoms with Crippen molar-refractivity contribution >= 4 is 46.2 Å². The predicted octanol–water partition coefficient (Wildman–Crippen LogP) is 3.93. The van der Waals surface area contributed by atoms with Crippen LogP contribution in [0.1, 0.15) is 24.6 Å². The van der Waals surface area contributed by atoms with Gasteiger partial charge >= 0.3 is 0 Å². The Bertz CT molecular complexity index is 804. The van der Waals surface area contributed by atoms with E-state index in [2.05, 4.69) is 5.10 Å². The maximum absolute atomic E-state index is 12.9. The first-order chi connectivity index (χ1) is 12.1. The minimum atomic E-state index is -0.138. The zero-order chi connectivity index (χ0) is 17.8. The number of para-hydroxylation sites is 1. The average Bonchev–Trinajstić information content (AvgIpc) is 3.05. The lowest BCUT2D eigenvalue weighted by molar-refractivity contribution is -0.124. The molecule has 0 atom stereocenters. The molecule has 0 radical (unpaired) electrons. The number of hydrogen-bond donors (Lipinski definition) is 0. The maximum atomic E-state index is 12.9. The van der Waals surface area contributed by atoms with Crippen molar-refractivity contribution in [3.8, 4) is 0 Å². The van der Waals surface area contributed by atoms with Gasteiger partial charge in [0.25, 0.3) is 5.91 Å². The SMILES string of the molecule is CCN(Cc1ccc(Cl)s1)C(=O)C1=NN(c2ccccc2)C(=O)CC1. The van der Waals surface area contributed by atoms with Crippen LogP contribution >= 0.6 is 22.9 Å². The molecule has 0 bridgehead atoms. The molecule has 0 fully saturated rings. The summed E-state index contributed by atoms with van der Waals surface area (Å²) < 4.78 is 0.703. The normalized spacial score (nSPS) is 14.4. The lowest BCUT2D eigenvalue weighted by Gasteiger charge is -2.26. The Morgan fingerprint density at radius 2 is 2.00 bits per heavy atom. The smallest absolute Gasteiger partial charge is 0.270 e. The van der Waals surface area contributed by atoms with Crippen molar-refractivity contribution in [1.29, 1.82) is 0 Å². The number of carbonyl (C=O) groups excluding carboxylic acids is 2. The molecule has 2 heterocycles. The number of nitrogens with zero attached hydrogens (tertiary/aromatic N) is 3. The molecule has 0 aliphatic carbocycles. The van der Waals surface area contributed by atoms with E-state index in [1.54, 1.807) is 17.0 Å². The quantitative estimate of drug-likeness (QED) is 0.794. The van der Waals surface area contributed by atoms with Crippen LogP contribution in [-0.2, 0) is 16.1 Å². The van der Waals surface area contributed by atoms with Crippen LogP contribution in [0.15, 0.2) is 47.6 Å². The summed E-state index contributed by atoms with van der Waals surface area (Å²) in [5, 5.41) is 5.66. The fourth-order valence-corrected chi connectivity index (χ4v) is 3.72. The fourth-order valence-electron chi connectivity index (χ4n) is 2.61. The molecule has 0 spiro atoms. The highest BCUT2D eigenvalue weighted by Gasteiger charge is 2.28. The zero-order valence-electron chi connectivity index (χ0n) is 13.8. The molecule has 5 nitrogen and oxygen atoms in total. The number of carbonyl (C=O) groups is 2. The van der Waals surface area contributed by atoms with Crippen LogP contribution in [-0.4, -0.2) is 29.0 Å². The Hall–Kier alpha value is -2.18. The van der Waals surface area contributed by atoms with Gasteiger partial charge in [0.15, 0.2) is 0 Å². The Balaban J connectivity index is 1.80. The first-order valence-electron chi connectivity index (χ1n) is 8.07. The number of anilines is 1. The van der Waals surface area contributed by atoms with E-state index in [0.29, 0.717) is 35.2 Å². The topological polar surface area (TPSA) is 53.0 Å². The van der Waals surface area contributed by atoms with E-state index >= 15 is 0 Å². The number of thiophene rings is 1. The van der Waals surface area contributed by atoms with Gasteiger partial charge in [-0.15, -0.1) is 11.3 Å². The molecule has 0 N–H and O–H groups in total. The summed E-state index contributed by atoms with van der Waals surface area (Å²) in [6.45, 7) is 2.98. The van der Waals surface area contributed by atoms with Gasteiger partial charge in [0, 0.05) is 24.3 Å². The Labute approximate surface area is 155 Å². The summed E-state index contributed by atoms with van der Waals surface area (Å²) in [6.07, 6.45) is 0.643. The van der Waals surface area contributed by atoms with Crippen LogP contribution in [0.3, 0.4) is 0 Å². The van der Waals surface area contributed by atoms with E-state index < -0.39 is 0 Å². The van der Waals surface area contributed by atoms with Gasteiger partial charge in [0.05, 0.1) is 16.6 Å². The lowest BCUT2D eigenvalue weighted by atomic mass is 10.1. The number of hydrazone groups is 1. The molecule has 2 amide bonds. The minimum absolute atomic E-state index is 0.101. The second-order valence-electron chi connectivity index (χ2n) is 5.61. The van der Waals surface area contributed by atoms with Crippen LogP contribution in [0.4, 0.5) is 5.69 Å². The summed E-state index contributed by atoms with van der Waals surface area (Å²) in [5.74, 6) is -0.240. The van der Waals surface area contributed by atoms with Crippen LogP contribution in [0, 0.1) is 0 Å². The highest BCUT2D eigenvalue weighted by molar-refractivity contribution is 7.16. The van der Waals surface area contributed by atoms with Gasteiger partial charge < -0.3 is 4.90 Å². The van der Waals surface area contributed by atoms with Crippen molar-refractivity contribution in [2.75, 3.05) is 11.6 Å². The van der Waals surface area contributed by atoms with Gasteiger partial charge in [-0.1, -0.05) is 29.8 Å². The summed E-state index contributed by atoms with van der Waals surface area (Å²) in [5.41, 5.74) is 1.08. The van der Waals surface area contributed by atoms with E-state index in [1.165, 1.54) is 16.3 Å². The third-order valence-corrected chi connectivity index (χ3v) is 5.14. The van der Waals surface area contributed by atoms with Gasteiger partial charge in [-0.05, 0) is 31.2 Å².